The lowest BCUT2D eigenvalue weighted by Gasteiger charge is -2.26. The van der Waals surface area contributed by atoms with E-state index in [1.54, 1.807) is 14.2 Å². The highest BCUT2D eigenvalue weighted by Crippen LogP contribution is 2.26. The number of hydrogen-bond acceptors (Lipinski definition) is 2. The van der Waals surface area contributed by atoms with Crippen LogP contribution in [-0.2, 0) is 4.74 Å². The summed E-state index contributed by atoms with van der Waals surface area (Å²) in [5, 5.41) is 2.93. The lowest BCUT2D eigenvalue weighted by Crippen LogP contribution is -2.32. The van der Waals surface area contributed by atoms with E-state index in [1.807, 2.05) is 6.92 Å². The summed E-state index contributed by atoms with van der Waals surface area (Å²) in [6.07, 6.45) is 1.40. The minimum absolute atomic E-state index is 0.0512. The van der Waals surface area contributed by atoms with Gasteiger partial charge in [0.15, 0.2) is 0 Å². The first-order valence-corrected chi connectivity index (χ1v) is 5.79. The average molecular weight is 243 g/mol. The van der Waals surface area contributed by atoms with E-state index in [4.69, 9.17) is 4.74 Å². The van der Waals surface area contributed by atoms with Crippen molar-refractivity contribution in [3.05, 3.63) is 35.4 Å². The maximum absolute atomic E-state index is 13.7. The fourth-order valence-corrected chi connectivity index (χ4v) is 2.03. The molecular formula is C13H19F2NO. The molecule has 4 heteroatoms. The zero-order valence-electron chi connectivity index (χ0n) is 10.5. The predicted octanol–water partition coefficient (Wildman–Crippen LogP) is 3.04. The second kappa shape index (κ2) is 6.67. The second-order valence-electron chi connectivity index (χ2n) is 3.96. The van der Waals surface area contributed by atoms with Crippen molar-refractivity contribution in [2.45, 2.75) is 31.9 Å². The van der Waals surface area contributed by atoms with Crippen LogP contribution in [0.5, 0.6) is 0 Å². The van der Waals surface area contributed by atoms with Crippen LogP contribution in [0.4, 0.5) is 8.78 Å². The molecule has 0 spiro atoms. The van der Waals surface area contributed by atoms with Crippen molar-refractivity contribution in [1.82, 2.24) is 5.32 Å². The Kier molecular flexibility index (Phi) is 5.51. The Morgan fingerprint density at radius 2 is 1.88 bits per heavy atom. The quantitative estimate of drug-likeness (QED) is 0.829. The SMILES string of the molecule is CCCC(OC)C(NC)c1c(F)cccc1F. The maximum atomic E-state index is 13.7. The van der Waals surface area contributed by atoms with Crippen molar-refractivity contribution in [2.75, 3.05) is 14.2 Å². The molecule has 2 unspecified atom stereocenters. The molecule has 96 valence electrons. The Morgan fingerprint density at radius 1 is 1.29 bits per heavy atom. The molecule has 0 saturated heterocycles. The lowest BCUT2D eigenvalue weighted by atomic mass is 9.97. The molecule has 0 saturated carbocycles. The van der Waals surface area contributed by atoms with E-state index in [2.05, 4.69) is 5.32 Å². The summed E-state index contributed by atoms with van der Waals surface area (Å²) in [5.41, 5.74) is 0.0512. The van der Waals surface area contributed by atoms with Crippen LogP contribution < -0.4 is 5.32 Å². The molecule has 2 atom stereocenters. The van der Waals surface area contributed by atoms with E-state index in [9.17, 15) is 8.78 Å². The van der Waals surface area contributed by atoms with Gasteiger partial charge in [-0.2, -0.15) is 0 Å². The molecule has 0 aromatic heterocycles. The number of benzene rings is 1. The topological polar surface area (TPSA) is 21.3 Å². The molecule has 0 aliphatic rings. The fourth-order valence-electron chi connectivity index (χ4n) is 2.03. The molecule has 2 nitrogen and oxygen atoms in total. The number of ether oxygens (including phenoxy) is 1. The molecule has 1 aromatic carbocycles. The molecule has 0 aliphatic carbocycles. The Balaban J connectivity index is 3.07. The van der Waals surface area contributed by atoms with Gasteiger partial charge in [0.05, 0.1) is 12.1 Å². The van der Waals surface area contributed by atoms with Gasteiger partial charge < -0.3 is 10.1 Å². The van der Waals surface area contributed by atoms with Gasteiger partial charge in [-0.25, -0.2) is 8.78 Å². The molecular weight excluding hydrogens is 224 g/mol. The molecule has 0 fully saturated rings. The van der Waals surface area contributed by atoms with Gasteiger partial charge in [-0.1, -0.05) is 19.4 Å². The lowest BCUT2D eigenvalue weighted by molar-refractivity contribution is 0.0607. The van der Waals surface area contributed by atoms with Gasteiger partial charge in [0.1, 0.15) is 11.6 Å². The Morgan fingerprint density at radius 3 is 2.29 bits per heavy atom. The predicted molar refractivity (Wildman–Crippen MR) is 63.9 cm³/mol. The maximum Gasteiger partial charge on any atom is 0.131 e. The largest absolute Gasteiger partial charge is 0.379 e. The highest BCUT2D eigenvalue weighted by molar-refractivity contribution is 5.24. The van der Waals surface area contributed by atoms with Crippen molar-refractivity contribution in [3.63, 3.8) is 0 Å². The van der Waals surface area contributed by atoms with Crippen LogP contribution in [0, 0.1) is 11.6 Å². The molecule has 0 aliphatic heterocycles. The van der Waals surface area contributed by atoms with E-state index in [0.717, 1.165) is 12.8 Å². The third-order valence-electron chi connectivity index (χ3n) is 2.87. The standard InChI is InChI=1S/C13H19F2NO/c1-4-6-11(17-3)13(16-2)12-9(14)7-5-8-10(12)15/h5,7-8,11,13,16H,4,6H2,1-3H3. The molecule has 1 N–H and O–H groups in total. The summed E-state index contributed by atoms with van der Waals surface area (Å²) in [4.78, 5) is 0. The molecule has 1 aromatic rings. The number of nitrogens with one attached hydrogen (secondary N) is 1. The van der Waals surface area contributed by atoms with Gasteiger partial charge in [-0.15, -0.1) is 0 Å². The summed E-state index contributed by atoms with van der Waals surface area (Å²) >= 11 is 0. The van der Waals surface area contributed by atoms with Crippen LogP contribution in [0.1, 0.15) is 31.4 Å². The highest BCUT2D eigenvalue weighted by atomic mass is 19.1. The number of likely N-dealkylation sites (N-methyl/N-ethyl adjacent to an activating group) is 1. The molecule has 0 radical (unpaired) electrons. The van der Waals surface area contributed by atoms with Crippen LogP contribution >= 0.6 is 0 Å². The zero-order chi connectivity index (χ0) is 12.8. The van der Waals surface area contributed by atoms with E-state index in [0.29, 0.717) is 0 Å². The number of methoxy groups -OCH3 is 1. The summed E-state index contributed by atoms with van der Waals surface area (Å²) in [5.74, 6) is -1.08. The summed E-state index contributed by atoms with van der Waals surface area (Å²) in [6, 6.07) is 3.42. The monoisotopic (exact) mass is 243 g/mol. The Labute approximate surface area is 101 Å². The molecule has 0 heterocycles. The Bertz CT molecular complexity index is 337. The first-order chi connectivity index (χ1) is 8.15. The summed E-state index contributed by atoms with van der Waals surface area (Å²) < 4.78 is 32.7. The third kappa shape index (κ3) is 3.23. The third-order valence-corrected chi connectivity index (χ3v) is 2.87. The van der Waals surface area contributed by atoms with Crippen molar-refractivity contribution >= 4 is 0 Å². The van der Waals surface area contributed by atoms with Gasteiger partial charge in [0.25, 0.3) is 0 Å². The van der Waals surface area contributed by atoms with Crippen LogP contribution in [-0.4, -0.2) is 20.3 Å². The fraction of sp³-hybridized carbons (Fsp3) is 0.538. The van der Waals surface area contributed by atoms with Crippen LogP contribution in [0.25, 0.3) is 0 Å². The van der Waals surface area contributed by atoms with Gasteiger partial charge in [-0.05, 0) is 25.6 Å². The minimum Gasteiger partial charge on any atom is -0.379 e. The van der Waals surface area contributed by atoms with Crippen LogP contribution in [0.3, 0.4) is 0 Å². The zero-order valence-corrected chi connectivity index (χ0v) is 10.5. The van der Waals surface area contributed by atoms with E-state index in [-0.39, 0.29) is 11.7 Å². The van der Waals surface area contributed by atoms with Crippen molar-refractivity contribution in [3.8, 4) is 0 Å². The van der Waals surface area contributed by atoms with Crippen LogP contribution in [0.2, 0.25) is 0 Å². The van der Waals surface area contributed by atoms with Gasteiger partial charge in [0.2, 0.25) is 0 Å². The minimum atomic E-state index is -0.539. The highest BCUT2D eigenvalue weighted by Gasteiger charge is 2.26. The molecule has 17 heavy (non-hydrogen) atoms. The molecule has 0 bridgehead atoms. The van der Waals surface area contributed by atoms with Crippen molar-refractivity contribution < 1.29 is 13.5 Å². The second-order valence-corrected chi connectivity index (χ2v) is 3.96. The normalized spacial score (nSPS) is 14.6. The first-order valence-electron chi connectivity index (χ1n) is 5.79. The molecule has 1 rings (SSSR count). The van der Waals surface area contributed by atoms with Gasteiger partial charge in [-0.3, -0.25) is 0 Å². The smallest absolute Gasteiger partial charge is 0.131 e. The van der Waals surface area contributed by atoms with E-state index in [1.165, 1.54) is 18.2 Å². The first kappa shape index (κ1) is 14.1. The summed E-state index contributed by atoms with van der Waals surface area (Å²) in [6.45, 7) is 2.01. The number of hydrogen-bond donors (Lipinski definition) is 1. The van der Waals surface area contributed by atoms with E-state index < -0.39 is 17.7 Å². The summed E-state index contributed by atoms with van der Waals surface area (Å²) in [7, 11) is 3.24. The Hall–Kier alpha value is -1.00. The van der Waals surface area contributed by atoms with Crippen molar-refractivity contribution in [2.24, 2.45) is 0 Å². The van der Waals surface area contributed by atoms with Gasteiger partial charge >= 0.3 is 0 Å². The van der Waals surface area contributed by atoms with E-state index >= 15 is 0 Å². The van der Waals surface area contributed by atoms with Crippen molar-refractivity contribution in [1.29, 1.82) is 0 Å². The molecule has 0 amide bonds. The number of rotatable bonds is 6. The van der Waals surface area contributed by atoms with Gasteiger partial charge in [0, 0.05) is 12.7 Å². The average Bonchev–Trinajstić information content (AvgIpc) is 2.32. The van der Waals surface area contributed by atoms with Crippen LogP contribution in [0.15, 0.2) is 18.2 Å². The number of halogens is 2.